The molecular weight excluding hydrogens is 168 g/mol. The van der Waals surface area contributed by atoms with Crippen molar-refractivity contribution in [2.24, 2.45) is 7.05 Å². The molecule has 0 aromatic carbocycles. The van der Waals surface area contributed by atoms with Gasteiger partial charge in [-0.05, 0) is 6.92 Å². The molecule has 0 aliphatic rings. The maximum absolute atomic E-state index is 5.31. The standard InChI is InChI=1S/C8H10N4O/c1-3-13-8-6-4-10-12(2)7(6)5-9-11-8/h4-5H,3H2,1-2H3. The topological polar surface area (TPSA) is 52.8 Å². The summed E-state index contributed by atoms with van der Waals surface area (Å²) in [6, 6.07) is 0. The fourth-order valence-corrected chi connectivity index (χ4v) is 1.20. The maximum atomic E-state index is 5.31. The van der Waals surface area contributed by atoms with Crippen LogP contribution in [0.15, 0.2) is 12.4 Å². The van der Waals surface area contributed by atoms with Gasteiger partial charge in [0.25, 0.3) is 0 Å². The normalized spacial score (nSPS) is 10.6. The van der Waals surface area contributed by atoms with E-state index in [4.69, 9.17) is 4.74 Å². The van der Waals surface area contributed by atoms with Gasteiger partial charge in [-0.25, -0.2) is 0 Å². The lowest BCUT2D eigenvalue weighted by molar-refractivity contribution is 0.327. The van der Waals surface area contributed by atoms with Crippen molar-refractivity contribution in [1.29, 1.82) is 0 Å². The first kappa shape index (κ1) is 7.97. The summed E-state index contributed by atoms with van der Waals surface area (Å²) in [4.78, 5) is 0. The van der Waals surface area contributed by atoms with Crippen molar-refractivity contribution >= 4 is 10.9 Å². The number of fused-ring (bicyclic) bond motifs is 1. The molecule has 0 radical (unpaired) electrons. The summed E-state index contributed by atoms with van der Waals surface area (Å²) in [5.41, 5.74) is 0.929. The number of rotatable bonds is 2. The zero-order chi connectivity index (χ0) is 9.26. The number of aromatic nitrogens is 4. The van der Waals surface area contributed by atoms with Gasteiger partial charge in [0.15, 0.2) is 0 Å². The highest BCUT2D eigenvalue weighted by atomic mass is 16.5. The first-order valence-corrected chi connectivity index (χ1v) is 4.09. The Morgan fingerprint density at radius 2 is 2.31 bits per heavy atom. The van der Waals surface area contributed by atoms with Crippen LogP contribution in [0.25, 0.3) is 10.9 Å². The highest BCUT2D eigenvalue weighted by Crippen LogP contribution is 2.20. The highest BCUT2D eigenvalue weighted by Gasteiger charge is 2.06. The molecule has 0 saturated carbocycles. The third kappa shape index (κ3) is 1.22. The number of ether oxygens (including phenoxy) is 1. The van der Waals surface area contributed by atoms with Crippen LogP contribution in [0.3, 0.4) is 0 Å². The lowest BCUT2D eigenvalue weighted by Gasteiger charge is -2.00. The summed E-state index contributed by atoms with van der Waals surface area (Å²) in [6.07, 6.45) is 3.40. The van der Waals surface area contributed by atoms with E-state index in [0.29, 0.717) is 12.5 Å². The summed E-state index contributed by atoms with van der Waals surface area (Å²) in [5, 5.41) is 12.7. The predicted molar refractivity (Wildman–Crippen MR) is 47.5 cm³/mol. The molecule has 5 nitrogen and oxygen atoms in total. The summed E-state index contributed by atoms with van der Waals surface area (Å²) in [7, 11) is 1.86. The number of nitrogens with zero attached hydrogens (tertiary/aromatic N) is 4. The maximum Gasteiger partial charge on any atom is 0.244 e. The van der Waals surface area contributed by atoms with E-state index >= 15 is 0 Å². The molecule has 0 fully saturated rings. The van der Waals surface area contributed by atoms with Gasteiger partial charge in [0.05, 0.1) is 29.9 Å². The van der Waals surface area contributed by atoms with Gasteiger partial charge in [-0.15, -0.1) is 5.10 Å². The predicted octanol–water partition coefficient (Wildman–Crippen LogP) is 0.762. The minimum atomic E-state index is 0.549. The van der Waals surface area contributed by atoms with E-state index in [9.17, 15) is 0 Å². The highest BCUT2D eigenvalue weighted by molar-refractivity contribution is 5.82. The van der Waals surface area contributed by atoms with Crippen LogP contribution in [0.4, 0.5) is 0 Å². The van der Waals surface area contributed by atoms with Gasteiger partial charge in [-0.3, -0.25) is 4.68 Å². The molecule has 0 aliphatic heterocycles. The van der Waals surface area contributed by atoms with E-state index in [-0.39, 0.29) is 0 Å². The largest absolute Gasteiger partial charge is 0.476 e. The molecule has 2 rings (SSSR count). The van der Waals surface area contributed by atoms with Crippen LogP contribution in [0.1, 0.15) is 6.92 Å². The van der Waals surface area contributed by atoms with Gasteiger partial charge in [-0.2, -0.15) is 10.2 Å². The number of hydrogen-bond acceptors (Lipinski definition) is 4. The molecule has 0 spiro atoms. The third-order valence-electron chi connectivity index (χ3n) is 1.82. The van der Waals surface area contributed by atoms with E-state index in [1.54, 1.807) is 17.1 Å². The zero-order valence-corrected chi connectivity index (χ0v) is 7.56. The summed E-state index contributed by atoms with van der Waals surface area (Å²) in [6.45, 7) is 2.50. The number of aryl methyl sites for hydroxylation is 1. The molecule has 2 aromatic rings. The van der Waals surface area contributed by atoms with E-state index < -0.39 is 0 Å². The van der Waals surface area contributed by atoms with Crippen LogP contribution in [-0.4, -0.2) is 26.6 Å². The Bertz CT molecular complexity index is 423. The zero-order valence-electron chi connectivity index (χ0n) is 7.56. The monoisotopic (exact) mass is 178 g/mol. The number of hydrogen-bond donors (Lipinski definition) is 0. The van der Waals surface area contributed by atoms with Crippen LogP contribution < -0.4 is 4.74 Å². The molecule has 68 valence electrons. The molecule has 2 heterocycles. The Labute approximate surface area is 75.3 Å². The van der Waals surface area contributed by atoms with Crippen molar-refractivity contribution in [2.75, 3.05) is 6.61 Å². The van der Waals surface area contributed by atoms with Crippen LogP contribution in [0.5, 0.6) is 5.88 Å². The van der Waals surface area contributed by atoms with Crippen LogP contribution >= 0.6 is 0 Å². The van der Waals surface area contributed by atoms with Crippen molar-refractivity contribution in [3.63, 3.8) is 0 Å². The molecule has 0 unspecified atom stereocenters. The summed E-state index contributed by atoms with van der Waals surface area (Å²) < 4.78 is 7.05. The molecule has 0 aliphatic carbocycles. The molecule has 0 N–H and O–H groups in total. The van der Waals surface area contributed by atoms with Gasteiger partial charge in [0.1, 0.15) is 0 Å². The van der Waals surface area contributed by atoms with Crippen molar-refractivity contribution in [3.05, 3.63) is 12.4 Å². The minimum absolute atomic E-state index is 0.549. The molecule has 5 heteroatoms. The average Bonchev–Trinajstić information content (AvgIpc) is 2.50. The van der Waals surface area contributed by atoms with E-state index in [1.165, 1.54) is 0 Å². The molecule has 0 atom stereocenters. The van der Waals surface area contributed by atoms with E-state index in [0.717, 1.165) is 10.9 Å². The fourth-order valence-electron chi connectivity index (χ4n) is 1.20. The molecule has 0 saturated heterocycles. The van der Waals surface area contributed by atoms with Crippen molar-refractivity contribution in [3.8, 4) is 5.88 Å². The molecule has 0 bridgehead atoms. The fraction of sp³-hybridized carbons (Fsp3) is 0.375. The molecular formula is C8H10N4O. The van der Waals surface area contributed by atoms with Gasteiger partial charge >= 0.3 is 0 Å². The second kappa shape index (κ2) is 3.01. The third-order valence-corrected chi connectivity index (χ3v) is 1.82. The first-order valence-electron chi connectivity index (χ1n) is 4.09. The Morgan fingerprint density at radius 3 is 3.08 bits per heavy atom. The molecule has 2 aromatic heterocycles. The lowest BCUT2D eigenvalue weighted by Crippen LogP contribution is -1.97. The lowest BCUT2D eigenvalue weighted by atomic mass is 10.4. The minimum Gasteiger partial charge on any atom is -0.476 e. The Morgan fingerprint density at radius 1 is 1.46 bits per heavy atom. The van der Waals surface area contributed by atoms with Gasteiger partial charge in [-0.1, -0.05) is 0 Å². The average molecular weight is 178 g/mol. The Hall–Kier alpha value is -1.65. The van der Waals surface area contributed by atoms with Crippen molar-refractivity contribution in [2.45, 2.75) is 6.92 Å². The second-order valence-electron chi connectivity index (χ2n) is 2.65. The molecule has 13 heavy (non-hydrogen) atoms. The van der Waals surface area contributed by atoms with Crippen LogP contribution in [0, 0.1) is 0 Å². The van der Waals surface area contributed by atoms with Crippen molar-refractivity contribution in [1.82, 2.24) is 20.0 Å². The SMILES string of the molecule is CCOc1nncc2c1cnn2C. The summed E-state index contributed by atoms with van der Waals surface area (Å²) in [5.74, 6) is 0.549. The summed E-state index contributed by atoms with van der Waals surface area (Å²) >= 11 is 0. The van der Waals surface area contributed by atoms with E-state index in [1.807, 2.05) is 14.0 Å². The van der Waals surface area contributed by atoms with Gasteiger partial charge in [0, 0.05) is 7.05 Å². The Kier molecular flexibility index (Phi) is 1.84. The van der Waals surface area contributed by atoms with Gasteiger partial charge < -0.3 is 4.74 Å². The van der Waals surface area contributed by atoms with Crippen LogP contribution in [-0.2, 0) is 7.05 Å². The molecule has 0 amide bonds. The van der Waals surface area contributed by atoms with Crippen LogP contribution in [0.2, 0.25) is 0 Å². The first-order chi connectivity index (χ1) is 6.33. The quantitative estimate of drug-likeness (QED) is 0.681. The van der Waals surface area contributed by atoms with Crippen molar-refractivity contribution < 1.29 is 4.74 Å². The van der Waals surface area contributed by atoms with Gasteiger partial charge in [0.2, 0.25) is 5.88 Å². The smallest absolute Gasteiger partial charge is 0.244 e. The second-order valence-corrected chi connectivity index (χ2v) is 2.65. The Balaban J connectivity index is 2.63. The van der Waals surface area contributed by atoms with E-state index in [2.05, 4.69) is 15.3 Å².